The number of nitrogens with zero attached hydrogens (tertiary/aromatic N) is 5. The molecule has 4 rings (SSSR count). The van der Waals surface area contributed by atoms with E-state index in [0.29, 0.717) is 12.3 Å². The number of anilines is 1. The molecule has 3 heterocycles. The third kappa shape index (κ3) is 4.20. The maximum Gasteiger partial charge on any atom is 0.169 e. The van der Waals surface area contributed by atoms with E-state index in [1.807, 2.05) is 30.5 Å². The van der Waals surface area contributed by atoms with Crippen molar-refractivity contribution in [1.29, 1.82) is 0 Å². The maximum absolute atomic E-state index is 5.59. The van der Waals surface area contributed by atoms with E-state index >= 15 is 0 Å². The minimum atomic E-state index is 0.670. The van der Waals surface area contributed by atoms with Gasteiger partial charge in [0.1, 0.15) is 29.2 Å². The van der Waals surface area contributed by atoms with Crippen molar-refractivity contribution in [3.8, 4) is 11.5 Å². The van der Waals surface area contributed by atoms with Gasteiger partial charge >= 0.3 is 0 Å². The zero-order valence-electron chi connectivity index (χ0n) is 17.0. The maximum atomic E-state index is 5.59. The van der Waals surface area contributed by atoms with E-state index in [1.165, 1.54) is 0 Å². The number of hydrogen-bond acceptors (Lipinski definition) is 7. The molecule has 9 heteroatoms. The van der Waals surface area contributed by atoms with Crippen molar-refractivity contribution in [2.45, 2.75) is 6.54 Å². The van der Waals surface area contributed by atoms with Crippen molar-refractivity contribution in [3.63, 3.8) is 0 Å². The molecule has 30 heavy (non-hydrogen) atoms. The molecule has 1 aliphatic heterocycles. The highest BCUT2D eigenvalue weighted by Gasteiger charge is 2.22. The molecule has 0 spiro atoms. The van der Waals surface area contributed by atoms with Gasteiger partial charge in [-0.3, -0.25) is 4.98 Å². The molecule has 0 radical (unpaired) electrons. The van der Waals surface area contributed by atoms with E-state index in [1.54, 1.807) is 26.7 Å². The summed E-state index contributed by atoms with van der Waals surface area (Å²) in [6.07, 6.45) is 5.19. The van der Waals surface area contributed by atoms with Gasteiger partial charge in [0.2, 0.25) is 0 Å². The normalized spacial score (nSPS) is 13.9. The van der Waals surface area contributed by atoms with E-state index in [4.69, 9.17) is 21.7 Å². The summed E-state index contributed by atoms with van der Waals surface area (Å²) in [6.45, 7) is 3.90. The van der Waals surface area contributed by atoms with Crippen molar-refractivity contribution in [1.82, 2.24) is 25.2 Å². The van der Waals surface area contributed by atoms with Gasteiger partial charge in [-0.15, -0.1) is 0 Å². The summed E-state index contributed by atoms with van der Waals surface area (Å²) in [7, 11) is 3.27. The Morgan fingerprint density at radius 3 is 2.67 bits per heavy atom. The van der Waals surface area contributed by atoms with Crippen molar-refractivity contribution >= 4 is 34.1 Å². The number of ether oxygens (including phenoxy) is 2. The number of benzene rings is 1. The highest BCUT2D eigenvalue weighted by Crippen LogP contribution is 2.34. The molecule has 0 amide bonds. The van der Waals surface area contributed by atoms with Gasteiger partial charge < -0.3 is 24.6 Å². The first-order valence-corrected chi connectivity index (χ1v) is 10.1. The topological polar surface area (TPSA) is 75.6 Å². The quantitative estimate of drug-likeness (QED) is 0.621. The monoisotopic (exact) mass is 424 g/mol. The summed E-state index contributed by atoms with van der Waals surface area (Å²) in [5.74, 6) is 2.27. The number of fused-ring (bicyclic) bond motifs is 1. The lowest BCUT2D eigenvalue weighted by atomic mass is 10.2. The second-order valence-corrected chi connectivity index (χ2v) is 7.30. The lowest BCUT2D eigenvalue weighted by Gasteiger charge is -2.37. The smallest absolute Gasteiger partial charge is 0.169 e. The average molecular weight is 425 g/mol. The van der Waals surface area contributed by atoms with Crippen molar-refractivity contribution in [2.75, 3.05) is 45.3 Å². The third-order valence-electron chi connectivity index (χ3n) is 5.14. The van der Waals surface area contributed by atoms with Gasteiger partial charge in [-0.1, -0.05) is 6.07 Å². The molecule has 1 fully saturated rings. The van der Waals surface area contributed by atoms with Crippen LogP contribution in [0.2, 0.25) is 0 Å². The number of pyridine rings is 1. The van der Waals surface area contributed by atoms with Crippen LogP contribution >= 0.6 is 12.2 Å². The number of rotatable bonds is 5. The Bertz CT molecular complexity index is 1020. The summed E-state index contributed by atoms with van der Waals surface area (Å²) in [5.41, 5.74) is 1.88. The van der Waals surface area contributed by atoms with Gasteiger partial charge in [0.05, 0.1) is 19.6 Å². The highest BCUT2D eigenvalue weighted by atomic mass is 32.1. The molecule has 0 bridgehead atoms. The van der Waals surface area contributed by atoms with E-state index in [0.717, 1.165) is 59.3 Å². The van der Waals surface area contributed by atoms with Crippen LogP contribution in [0.4, 0.5) is 5.82 Å². The summed E-state index contributed by atoms with van der Waals surface area (Å²) in [4.78, 5) is 17.5. The molecule has 1 aromatic carbocycles. The Labute approximate surface area is 180 Å². The van der Waals surface area contributed by atoms with Gasteiger partial charge in [0.25, 0.3) is 0 Å². The molecule has 1 saturated heterocycles. The largest absolute Gasteiger partial charge is 0.497 e. The molecule has 3 aromatic rings. The van der Waals surface area contributed by atoms with Crippen LogP contribution in [0, 0.1) is 0 Å². The minimum absolute atomic E-state index is 0.670. The Morgan fingerprint density at radius 1 is 1.13 bits per heavy atom. The molecule has 2 aromatic heterocycles. The number of piperazine rings is 1. The van der Waals surface area contributed by atoms with E-state index in [2.05, 4.69) is 30.1 Å². The summed E-state index contributed by atoms with van der Waals surface area (Å²) in [6, 6.07) is 7.75. The Hall–Kier alpha value is -3.20. The van der Waals surface area contributed by atoms with Crippen molar-refractivity contribution in [2.24, 2.45) is 0 Å². The first kappa shape index (κ1) is 20.1. The Balaban J connectivity index is 1.45. The SMILES string of the molecule is COc1cc(OC)c2ncnc(N3CCN(C(=S)NCc4cccnc4)CC3)c2c1. The van der Waals surface area contributed by atoms with Crippen molar-refractivity contribution in [3.05, 3.63) is 48.5 Å². The third-order valence-corrected chi connectivity index (χ3v) is 5.55. The van der Waals surface area contributed by atoms with Gasteiger partial charge in [-0.25, -0.2) is 9.97 Å². The zero-order valence-corrected chi connectivity index (χ0v) is 17.9. The number of hydrogen-bond donors (Lipinski definition) is 1. The fraction of sp³-hybridized carbons (Fsp3) is 0.333. The van der Waals surface area contributed by atoms with Crippen LogP contribution in [-0.4, -0.2) is 65.4 Å². The first-order chi connectivity index (χ1) is 14.7. The highest BCUT2D eigenvalue weighted by molar-refractivity contribution is 7.80. The van der Waals surface area contributed by atoms with Crippen LogP contribution in [0.3, 0.4) is 0 Å². The summed E-state index contributed by atoms with van der Waals surface area (Å²) < 4.78 is 10.9. The lowest BCUT2D eigenvalue weighted by molar-refractivity contribution is 0.379. The van der Waals surface area contributed by atoms with Crippen LogP contribution in [0.5, 0.6) is 11.5 Å². The van der Waals surface area contributed by atoms with E-state index < -0.39 is 0 Å². The molecule has 1 aliphatic rings. The van der Waals surface area contributed by atoms with E-state index in [9.17, 15) is 0 Å². The second kappa shape index (κ2) is 9.08. The van der Waals surface area contributed by atoms with Gasteiger partial charge in [0.15, 0.2) is 5.11 Å². The lowest BCUT2D eigenvalue weighted by Crippen LogP contribution is -2.51. The predicted molar refractivity (Wildman–Crippen MR) is 120 cm³/mol. The van der Waals surface area contributed by atoms with Crippen LogP contribution in [0.1, 0.15) is 5.56 Å². The fourth-order valence-corrected chi connectivity index (χ4v) is 3.79. The van der Waals surface area contributed by atoms with Crippen LogP contribution in [0.15, 0.2) is 43.0 Å². The molecular formula is C21H24N6O2S. The molecule has 156 valence electrons. The van der Waals surface area contributed by atoms with Crippen LogP contribution in [-0.2, 0) is 6.54 Å². The number of nitrogens with one attached hydrogen (secondary N) is 1. The summed E-state index contributed by atoms with van der Waals surface area (Å²) >= 11 is 5.59. The average Bonchev–Trinajstić information content (AvgIpc) is 2.82. The first-order valence-electron chi connectivity index (χ1n) is 9.73. The fourth-order valence-electron chi connectivity index (χ4n) is 3.54. The molecular weight excluding hydrogens is 400 g/mol. The number of thiocarbonyl (C=S) groups is 1. The zero-order chi connectivity index (χ0) is 20.9. The molecule has 0 unspecified atom stereocenters. The number of methoxy groups -OCH3 is 2. The van der Waals surface area contributed by atoms with Gasteiger partial charge in [-0.2, -0.15) is 0 Å². The molecule has 1 N–H and O–H groups in total. The van der Waals surface area contributed by atoms with Gasteiger partial charge in [-0.05, 0) is 29.9 Å². The van der Waals surface area contributed by atoms with Gasteiger partial charge in [0, 0.05) is 51.2 Å². The predicted octanol–water partition coefficient (Wildman–Crippen LogP) is 2.24. The Morgan fingerprint density at radius 2 is 1.97 bits per heavy atom. The standard InChI is InChI=1S/C21H24N6O2S/c1-28-16-10-17-19(18(11-16)29-2)24-14-25-20(17)26-6-8-27(9-7-26)21(30)23-13-15-4-3-5-22-12-15/h3-5,10-12,14H,6-9,13H2,1-2H3,(H,23,30). The number of aromatic nitrogens is 3. The van der Waals surface area contributed by atoms with Crippen LogP contribution < -0.4 is 19.7 Å². The summed E-state index contributed by atoms with van der Waals surface area (Å²) in [5, 5.41) is 5.00. The Kier molecular flexibility index (Phi) is 6.08. The molecule has 0 saturated carbocycles. The second-order valence-electron chi connectivity index (χ2n) is 6.92. The van der Waals surface area contributed by atoms with Crippen molar-refractivity contribution < 1.29 is 9.47 Å². The molecule has 0 atom stereocenters. The van der Waals surface area contributed by atoms with E-state index in [-0.39, 0.29) is 0 Å². The minimum Gasteiger partial charge on any atom is -0.497 e. The molecule has 8 nitrogen and oxygen atoms in total. The molecule has 0 aliphatic carbocycles. The van der Waals surface area contributed by atoms with Crippen LogP contribution in [0.25, 0.3) is 10.9 Å².